The van der Waals surface area contributed by atoms with Gasteiger partial charge in [-0.3, -0.25) is 10.1 Å². The number of methoxy groups -OCH3 is 2. The van der Waals surface area contributed by atoms with Crippen molar-refractivity contribution in [1.82, 2.24) is 4.98 Å². The number of amides is 1. The van der Waals surface area contributed by atoms with E-state index in [1.807, 2.05) is 41.8 Å². The predicted octanol–water partition coefficient (Wildman–Crippen LogP) is 5.85. The van der Waals surface area contributed by atoms with Crippen molar-refractivity contribution in [3.63, 3.8) is 0 Å². The summed E-state index contributed by atoms with van der Waals surface area (Å²) in [5.41, 5.74) is 3.23. The summed E-state index contributed by atoms with van der Waals surface area (Å²) in [6.07, 6.45) is 0. The second-order valence-corrected chi connectivity index (χ2v) is 8.48. The number of thiazole rings is 1. The van der Waals surface area contributed by atoms with Crippen LogP contribution in [0, 0.1) is 0 Å². The summed E-state index contributed by atoms with van der Waals surface area (Å²) >= 11 is 1.33. The fraction of sp³-hybridized carbons (Fsp3) is 0.0741. The highest BCUT2D eigenvalue weighted by Crippen LogP contribution is 2.33. The number of rotatable bonds is 6. The summed E-state index contributed by atoms with van der Waals surface area (Å²) in [6, 6.07) is 21.4. The highest BCUT2D eigenvalue weighted by molar-refractivity contribution is 7.14. The Morgan fingerprint density at radius 1 is 0.914 bits per heavy atom. The maximum absolute atomic E-state index is 12.8. The van der Waals surface area contributed by atoms with Crippen molar-refractivity contribution < 1.29 is 18.7 Å². The van der Waals surface area contributed by atoms with Gasteiger partial charge in [0.15, 0.2) is 16.6 Å². The average molecular weight is 485 g/mol. The SMILES string of the molecule is COc1ccc(-c2csc(NC(=O)c3ccc(-c4cc5ccccc5oc4=O)cc3)n2)cc1OC. The number of nitrogens with zero attached hydrogens (tertiary/aromatic N) is 1. The van der Waals surface area contributed by atoms with Gasteiger partial charge < -0.3 is 13.9 Å². The van der Waals surface area contributed by atoms with Gasteiger partial charge in [-0.2, -0.15) is 0 Å². The van der Waals surface area contributed by atoms with Gasteiger partial charge in [-0.05, 0) is 48.0 Å². The van der Waals surface area contributed by atoms with E-state index in [0.29, 0.717) is 44.6 Å². The Bertz CT molecular complexity index is 1590. The van der Waals surface area contributed by atoms with Gasteiger partial charge in [0, 0.05) is 21.9 Å². The van der Waals surface area contributed by atoms with Crippen LogP contribution >= 0.6 is 11.3 Å². The summed E-state index contributed by atoms with van der Waals surface area (Å²) < 4.78 is 16.0. The van der Waals surface area contributed by atoms with Crippen molar-refractivity contribution in [2.45, 2.75) is 0 Å². The molecule has 5 rings (SSSR count). The number of ether oxygens (including phenoxy) is 2. The van der Waals surface area contributed by atoms with Gasteiger partial charge in [0.25, 0.3) is 5.91 Å². The third-order valence-electron chi connectivity index (χ3n) is 5.50. The lowest BCUT2D eigenvalue weighted by Gasteiger charge is -2.08. The molecule has 2 heterocycles. The van der Waals surface area contributed by atoms with Crippen LogP contribution in [0.1, 0.15) is 10.4 Å². The fourth-order valence-corrected chi connectivity index (χ4v) is 4.41. The largest absolute Gasteiger partial charge is 0.493 e. The predicted molar refractivity (Wildman–Crippen MR) is 137 cm³/mol. The van der Waals surface area contributed by atoms with E-state index in [4.69, 9.17) is 13.9 Å². The minimum atomic E-state index is -0.425. The minimum Gasteiger partial charge on any atom is -0.493 e. The molecule has 0 atom stereocenters. The molecule has 0 aliphatic heterocycles. The maximum Gasteiger partial charge on any atom is 0.344 e. The summed E-state index contributed by atoms with van der Waals surface area (Å²) in [6.45, 7) is 0. The van der Waals surface area contributed by atoms with Crippen molar-refractivity contribution in [3.05, 3.63) is 94.2 Å². The molecule has 8 heteroatoms. The van der Waals surface area contributed by atoms with Crippen LogP contribution in [0.2, 0.25) is 0 Å². The lowest BCUT2D eigenvalue weighted by atomic mass is 10.0. The Labute approximate surface area is 204 Å². The van der Waals surface area contributed by atoms with Crippen LogP contribution in [-0.4, -0.2) is 25.1 Å². The minimum absolute atomic E-state index is 0.296. The molecule has 0 saturated carbocycles. The van der Waals surface area contributed by atoms with Crippen LogP contribution in [0.3, 0.4) is 0 Å². The normalized spacial score (nSPS) is 10.8. The molecular weight excluding hydrogens is 464 g/mol. The standard InChI is InChI=1S/C27H20N2O5S/c1-32-23-12-11-18(14-24(23)33-2)21-15-35-27(28-21)29-25(30)17-9-7-16(8-10-17)20-13-19-5-3-4-6-22(19)34-26(20)31/h3-15H,1-2H3,(H,28,29,30). The van der Waals surface area contributed by atoms with Crippen molar-refractivity contribution in [2.24, 2.45) is 0 Å². The van der Waals surface area contributed by atoms with Crippen LogP contribution in [0.15, 0.2) is 87.4 Å². The Morgan fingerprint density at radius 3 is 2.43 bits per heavy atom. The van der Waals surface area contributed by atoms with E-state index in [-0.39, 0.29) is 5.91 Å². The second kappa shape index (κ2) is 9.44. The van der Waals surface area contributed by atoms with E-state index in [1.165, 1.54) is 11.3 Å². The molecule has 1 amide bonds. The van der Waals surface area contributed by atoms with Crippen molar-refractivity contribution in [2.75, 3.05) is 19.5 Å². The molecular formula is C27H20N2O5S. The molecule has 0 bridgehead atoms. The van der Waals surface area contributed by atoms with E-state index in [0.717, 1.165) is 10.9 Å². The van der Waals surface area contributed by atoms with Crippen molar-refractivity contribution >= 4 is 33.3 Å². The summed E-state index contributed by atoms with van der Waals surface area (Å²) in [7, 11) is 3.16. The molecule has 2 aromatic heterocycles. The van der Waals surface area contributed by atoms with Gasteiger partial charge >= 0.3 is 5.63 Å². The number of hydrogen-bond acceptors (Lipinski definition) is 7. The zero-order chi connectivity index (χ0) is 24.4. The Hall–Kier alpha value is -4.43. The smallest absolute Gasteiger partial charge is 0.344 e. The van der Waals surface area contributed by atoms with E-state index >= 15 is 0 Å². The first kappa shape index (κ1) is 22.4. The van der Waals surface area contributed by atoms with Crippen LogP contribution in [0.4, 0.5) is 5.13 Å². The molecule has 35 heavy (non-hydrogen) atoms. The van der Waals surface area contributed by atoms with Crippen LogP contribution in [-0.2, 0) is 0 Å². The van der Waals surface area contributed by atoms with Gasteiger partial charge in [0.05, 0.1) is 25.5 Å². The first-order valence-corrected chi connectivity index (χ1v) is 11.6. The van der Waals surface area contributed by atoms with Gasteiger partial charge in [-0.15, -0.1) is 11.3 Å². The number of carbonyl (C=O) groups excluding carboxylic acids is 1. The topological polar surface area (TPSA) is 90.7 Å². The van der Waals surface area contributed by atoms with E-state index in [1.54, 1.807) is 50.6 Å². The number of para-hydroxylation sites is 1. The molecule has 0 unspecified atom stereocenters. The van der Waals surface area contributed by atoms with Gasteiger partial charge in [-0.1, -0.05) is 30.3 Å². The number of nitrogens with one attached hydrogen (secondary N) is 1. The molecule has 0 aliphatic carbocycles. The first-order chi connectivity index (χ1) is 17.1. The summed E-state index contributed by atoms with van der Waals surface area (Å²) in [5, 5.41) is 5.99. The number of carbonyl (C=O) groups is 1. The molecule has 7 nitrogen and oxygen atoms in total. The molecule has 0 fully saturated rings. The Balaban J connectivity index is 1.33. The van der Waals surface area contributed by atoms with Crippen LogP contribution in [0.5, 0.6) is 11.5 Å². The lowest BCUT2D eigenvalue weighted by molar-refractivity contribution is 0.102. The molecule has 0 spiro atoms. The first-order valence-electron chi connectivity index (χ1n) is 10.7. The molecule has 5 aromatic rings. The number of fused-ring (bicyclic) bond motifs is 1. The highest BCUT2D eigenvalue weighted by Gasteiger charge is 2.13. The zero-order valence-corrected chi connectivity index (χ0v) is 19.7. The third kappa shape index (κ3) is 4.51. The van der Waals surface area contributed by atoms with Crippen LogP contribution in [0.25, 0.3) is 33.4 Å². The lowest BCUT2D eigenvalue weighted by Crippen LogP contribution is -2.11. The molecule has 0 radical (unpaired) electrons. The number of benzene rings is 3. The monoisotopic (exact) mass is 484 g/mol. The van der Waals surface area contributed by atoms with Gasteiger partial charge in [0.1, 0.15) is 5.58 Å². The molecule has 0 aliphatic rings. The molecule has 1 N–H and O–H groups in total. The Morgan fingerprint density at radius 2 is 1.66 bits per heavy atom. The quantitative estimate of drug-likeness (QED) is 0.304. The second-order valence-electron chi connectivity index (χ2n) is 7.62. The van der Waals surface area contributed by atoms with Crippen molar-refractivity contribution in [1.29, 1.82) is 0 Å². The number of aromatic nitrogens is 1. The highest BCUT2D eigenvalue weighted by atomic mass is 32.1. The fourth-order valence-electron chi connectivity index (χ4n) is 3.69. The van der Waals surface area contributed by atoms with Crippen LogP contribution < -0.4 is 20.4 Å². The molecule has 0 saturated heterocycles. The van der Waals surface area contributed by atoms with Gasteiger partial charge in [0.2, 0.25) is 0 Å². The van der Waals surface area contributed by atoms with E-state index < -0.39 is 5.63 Å². The maximum atomic E-state index is 12.8. The zero-order valence-electron chi connectivity index (χ0n) is 18.9. The third-order valence-corrected chi connectivity index (χ3v) is 6.26. The average Bonchev–Trinajstić information content (AvgIpc) is 3.36. The van der Waals surface area contributed by atoms with E-state index in [9.17, 15) is 9.59 Å². The number of anilines is 1. The summed E-state index contributed by atoms with van der Waals surface area (Å²) in [5.74, 6) is 0.935. The summed E-state index contributed by atoms with van der Waals surface area (Å²) in [4.78, 5) is 29.7. The van der Waals surface area contributed by atoms with E-state index in [2.05, 4.69) is 10.3 Å². The van der Waals surface area contributed by atoms with Crippen molar-refractivity contribution in [3.8, 4) is 33.9 Å². The Kier molecular flexibility index (Phi) is 6.03. The number of hydrogen-bond donors (Lipinski definition) is 1. The molecule has 3 aromatic carbocycles. The van der Waals surface area contributed by atoms with Gasteiger partial charge in [-0.25, -0.2) is 9.78 Å². The molecule has 174 valence electrons.